The van der Waals surface area contributed by atoms with Crippen LogP contribution in [0.1, 0.15) is 52.9 Å². The van der Waals surface area contributed by atoms with Crippen LogP contribution in [0.25, 0.3) is 0 Å². The lowest BCUT2D eigenvalue weighted by atomic mass is 10.0. The maximum absolute atomic E-state index is 12.7. The number of hydrogen-bond acceptors (Lipinski definition) is 9. The van der Waals surface area contributed by atoms with Crippen LogP contribution in [0.2, 0.25) is 0 Å². The molecule has 0 unspecified atom stereocenters. The van der Waals surface area contributed by atoms with Gasteiger partial charge in [0, 0.05) is 18.2 Å². The third kappa shape index (κ3) is 5.94. The molecular formula is C22H28N6O3. The van der Waals surface area contributed by atoms with E-state index in [4.69, 9.17) is 0 Å². The summed E-state index contributed by atoms with van der Waals surface area (Å²) in [4.78, 5) is 32.3. The van der Waals surface area contributed by atoms with Crippen LogP contribution in [-0.4, -0.2) is 51.6 Å². The first-order valence-corrected chi connectivity index (χ1v) is 9.90. The molecule has 0 aliphatic carbocycles. The first-order chi connectivity index (χ1) is 14.8. The lowest BCUT2D eigenvalue weighted by Crippen LogP contribution is -2.26. The van der Waals surface area contributed by atoms with E-state index in [1.165, 1.54) is 19.5 Å². The van der Waals surface area contributed by atoms with Crippen LogP contribution < -0.4 is 10.6 Å². The highest BCUT2D eigenvalue weighted by atomic mass is 16.5. The summed E-state index contributed by atoms with van der Waals surface area (Å²) in [5, 5.41) is 14.8. The standard InChI is InChI=1S/C22H28N6O3/c1-7-9-16(8-2)20(29)19-14(4)15(5)21(28-27-19)25-10-13(3)26-18-12-23-17(11-24-18)22(30)31-6/h7-9,11-13H,10H2,1-6H3,(H,24,26)(H,25,28)/b9-7-,16-8+/t13-/m1/s1. The van der Waals surface area contributed by atoms with Gasteiger partial charge in [-0.1, -0.05) is 18.2 Å². The number of aromatic nitrogens is 4. The number of allylic oxidation sites excluding steroid dienone is 4. The second kappa shape index (κ2) is 11.0. The van der Waals surface area contributed by atoms with E-state index in [1.807, 2.05) is 40.7 Å². The number of anilines is 2. The van der Waals surface area contributed by atoms with E-state index >= 15 is 0 Å². The molecule has 0 amide bonds. The van der Waals surface area contributed by atoms with Crippen LogP contribution in [0.3, 0.4) is 0 Å². The predicted octanol–water partition coefficient (Wildman–Crippen LogP) is 3.29. The quantitative estimate of drug-likeness (QED) is 0.270. The zero-order valence-electron chi connectivity index (χ0n) is 18.7. The summed E-state index contributed by atoms with van der Waals surface area (Å²) >= 11 is 0. The zero-order valence-corrected chi connectivity index (χ0v) is 18.7. The van der Waals surface area contributed by atoms with Gasteiger partial charge in [-0.05, 0) is 45.7 Å². The highest BCUT2D eigenvalue weighted by Gasteiger charge is 2.18. The van der Waals surface area contributed by atoms with Gasteiger partial charge in [0.1, 0.15) is 11.5 Å². The first-order valence-electron chi connectivity index (χ1n) is 9.90. The maximum Gasteiger partial charge on any atom is 0.358 e. The zero-order chi connectivity index (χ0) is 23.0. The number of esters is 1. The third-order valence-corrected chi connectivity index (χ3v) is 4.67. The van der Waals surface area contributed by atoms with Crippen molar-refractivity contribution in [3.05, 3.63) is 58.7 Å². The second-order valence-electron chi connectivity index (χ2n) is 6.93. The molecule has 0 aliphatic heterocycles. The van der Waals surface area contributed by atoms with Gasteiger partial charge < -0.3 is 15.4 Å². The molecule has 2 heterocycles. The van der Waals surface area contributed by atoms with Gasteiger partial charge in [0.15, 0.2) is 11.5 Å². The summed E-state index contributed by atoms with van der Waals surface area (Å²) in [6, 6.07) is -0.0228. The fraction of sp³-hybridized carbons (Fsp3) is 0.364. The van der Waals surface area contributed by atoms with E-state index in [1.54, 1.807) is 12.2 Å². The molecule has 2 aromatic rings. The molecule has 9 heteroatoms. The lowest BCUT2D eigenvalue weighted by Gasteiger charge is -2.17. The van der Waals surface area contributed by atoms with Crippen LogP contribution in [-0.2, 0) is 4.74 Å². The van der Waals surface area contributed by atoms with E-state index in [0.29, 0.717) is 29.4 Å². The minimum Gasteiger partial charge on any atom is -0.464 e. The van der Waals surface area contributed by atoms with E-state index in [0.717, 1.165) is 11.1 Å². The van der Waals surface area contributed by atoms with Crippen molar-refractivity contribution in [2.45, 2.75) is 40.7 Å². The average Bonchev–Trinajstić information content (AvgIpc) is 2.78. The average molecular weight is 425 g/mol. The highest BCUT2D eigenvalue weighted by molar-refractivity contribution is 6.10. The molecule has 0 bridgehead atoms. The molecule has 0 aromatic carbocycles. The van der Waals surface area contributed by atoms with Crippen LogP contribution in [0.4, 0.5) is 11.6 Å². The molecule has 0 spiro atoms. The topological polar surface area (TPSA) is 119 Å². The molecule has 0 fully saturated rings. The molecule has 1 atom stereocenters. The Bertz CT molecular complexity index is 999. The van der Waals surface area contributed by atoms with Gasteiger partial charge in [-0.25, -0.2) is 14.8 Å². The molecule has 0 radical (unpaired) electrons. The molecule has 164 valence electrons. The normalized spacial score (nSPS) is 12.5. The highest BCUT2D eigenvalue weighted by Crippen LogP contribution is 2.20. The third-order valence-electron chi connectivity index (χ3n) is 4.67. The van der Waals surface area contributed by atoms with Crippen molar-refractivity contribution in [2.24, 2.45) is 0 Å². The molecule has 31 heavy (non-hydrogen) atoms. The van der Waals surface area contributed by atoms with Crippen molar-refractivity contribution in [2.75, 3.05) is 24.3 Å². The minimum absolute atomic E-state index is 0.0228. The van der Waals surface area contributed by atoms with E-state index in [-0.39, 0.29) is 17.5 Å². The number of rotatable bonds is 9. The molecule has 0 aliphatic rings. The number of methoxy groups -OCH3 is 1. The number of carbonyl (C=O) groups excluding carboxylic acids is 2. The van der Waals surface area contributed by atoms with Gasteiger partial charge in [-0.3, -0.25) is 4.79 Å². The van der Waals surface area contributed by atoms with Crippen molar-refractivity contribution in [1.29, 1.82) is 0 Å². The Balaban J connectivity index is 2.04. The number of hydrogen-bond donors (Lipinski definition) is 2. The van der Waals surface area contributed by atoms with Gasteiger partial charge in [0.25, 0.3) is 0 Å². The van der Waals surface area contributed by atoms with E-state index < -0.39 is 5.97 Å². The molecule has 9 nitrogen and oxygen atoms in total. The molecule has 2 N–H and O–H groups in total. The Morgan fingerprint density at radius 3 is 2.45 bits per heavy atom. The van der Waals surface area contributed by atoms with Crippen LogP contribution in [0.15, 0.2) is 36.2 Å². The number of nitrogens with zero attached hydrogens (tertiary/aromatic N) is 4. The number of nitrogens with one attached hydrogen (secondary N) is 2. The van der Waals surface area contributed by atoms with Crippen LogP contribution in [0.5, 0.6) is 0 Å². The monoisotopic (exact) mass is 424 g/mol. The Labute approximate surface area is 182 Å². The van der Waals surface area contributed by atoms with Crippen molar-refractivity contribution < 1.29 is 14.3 Å². The number of Topliss-reactive ketones (excluding diaryl/α,β-unsaturated/α-hetero) is 1. The van der Waals surface area contributed by atoms with E-state index in [2.05, 4.69) is 35.5 Å². The van der Waals surface area contributed by atoms with Crippen molar-refractivity contribution in [3.63, 3.8) is 0 Å². The van der Waals surface area contributed by atoms with Gasteiger partial charge in [0.2, 0.25) is 5.78 Å². The number of carbonyl (C=O) groups is 2. The summed E-state index contributed by atoms with van der Waals surface area (Å²) in [5.74, 6) is 0.462. The summed E-state index contributed by atoms with van der Waals surface area (Å²) in [6.07, 6.45) is 8.18. The summed E-state index contributed by atoms with van der Waals surface area (Å²) in [5.41, 5.74) is 2.73. The molecule has 0 saturated carbocycles. The fourth-order valence-corrected chi connectivity index (χ4v) is 2.77. The SMILES string of the molecule is C/C=C\C(=C/C)C(=O)c1nnc(NC[C@@H](C)Nc2cnc(C(=O)OC)cn2)c(C)c1C. The van der Waals surface area contributed by atoms with Crippen LogP contribution >= 0.6 is 0 Å². The van der Waals surface area contributed by atoms with Gasteiger partial charge in [-0.15, -0.1) is 10.2 Å². The van der Waals surface area contributed by atoms with Crippen molar-refractivity contribution in [3.8, 4) is 0 Å². The Hall–Kier alpha value is -3.62. The van der Waals surface area contributed by atoms with E-state index in [9.17, 15) is 9.59 Å². The first kappa shape index (κ1) is 23.7. The Morgan fingerprint density at radius 2 is 1.87 bits per heavy atom. The molecule has 2 rings (SSSR count). The van der Waals surface area contributed by atoms with Gasteiger partial charge in [-0.2, -0.15) is 0 Å². The number of ether oxygens (including phenoxy) is 1. The Morgan fingerprint density at radius 1 is 1.13 bits per heavy atom. The molecule has 2 aromatic heterocycles. The minimum atomic E-state index is -0.535. The maximum atomic E-state index is 12.7. The second-order valence-corrected chi connectivity index (χ2v) is 6.93. The van der Waals surface area contributed by atoms with Crippen molar-refractivity contribution in [1.82, 2.24) is 20.2 Å². The van der Waals surface area contributed by atoms with Crippen LogP contribution in [0, 0.1) is 13.8 Å². The Kier molecular flexibility index (Phi) is 8.36. The fourth-order valence-electron chi connectivity index (χ4n) is 2.77. The van der Waals surface area contributed by atoms with Gasteiger partial charge in [0.05, 0.1) is 19.5 Å². The summed E-state index contributed by atoms with van der Waals surface area (Å²) < 4.78 is 4.61. The predicted molar refractivity (Wildman–Crippen MR) is 119 cm³/mol. The largest absolute Gasteiger partial charge is 0.464 e. The lowest BCUT2D eigenvalue weighted by molar-refractivity contribution is 0.0593. The van der Waals surface area contributed by atoms with Crippen molar-refractivity contribution >= 4 is 23.4 Å². The summed E-state index contributed by atoms with van der Waals surface area (Å²) in [6.45, 7) is 9.95. The summed E-state index contributed by atoms with van der Waals surface area (Å²) in [7, 11) is 1.29. The molecule has 0 saturated heterocycles. The smallest absolute Gasteiger partial charge is 0.358 e. The van der Waals surface area contributed by atoms with Gasteiger partial charge >= 0.3 is 5.97 Å². The molecular weight excluding hydrogens is 396 g/mol. The number of ketones is 1.